The molecular formula is C26H22N4O2S. The number of amides is 2. The third-order valence-electron chi connectivity index (χ3n) is 6.36. The lowest BCUT2D eigenvalue weighted by Crippen LogP contribution is -2.46. The molecule has 1 atom stereocenters. The number of benzene rings is 2. The van der Waals surface area contributed by atoms with Gasteiger partial charge in [-0.25, -0.2) is 4.79 Å². The largest absolute Gasteiger partial charge is 0.334 e. The molecule has 6 nitrogen and oxygen atoms in total. The molecule has 0 saturated heterocycles. The van der Waals surface area contributed by atoms with Gasteiger partial charge in [-0.3, -0.25) is 4.90 Å². The molecule has 164 valence electrons. The van der Waals surface area contributed by atoms with Crippen LogP contribution in [0.15, 0.2) is 76.3 Å². The number of hydrogen-bond donors (Lipinski definition) is 1. The van der Waals surface area contributed by atoms with E-state index in [9.17, 15) is 4.79 Å². The predicted octanol–water partition coefficient (Wildman–Crippen LogP) is 5.99. The molecule has 0 radical (unpaired) electrons. The van der Waals surface area contributed by atoms with E-state index >= 15 is 0 Å². The highest BCUT2D eigenvalue weighted by molar-refractivity contribution is 7.13. The molecule has 2 aliphatic rings. The molecule has 3 heterocycles. The second-order valence-electron chi connectivity index (χ2n) is 8.33. The Bertz CT molecular complexity index is 1360. The van der Waals surface area contributed by atoms with Crippen LogP contribution in [-0.4, -0.2) is 16.2 Å². The first kappa shape index (κ1) is 19.9. The van der Waals surface area contributed by atoms with Crippen molar-refractivity contribution < 1.29 is 9.32 Å². The molecule has 1 aliphatic heterocycles. The minimum atomic E-state index is -0.388. The minimum absolute atomic E-state index is 0.166. The molecule has 33 heavy (non-hydrogen) atoms. The van der Waals surface area contributed by atoms with Gasteiger partial charge in [0.05, 0.1) is 22.2 Å². The number of thiophene rings is 1. The summed E-state index contributed by atoms with van der Waals surface area (Å²) in [4.78, 5) is 20.7. The Kier molecular flexibility index (Phi) is 4.84. The van der Waals surface area contributed by atoms with E-state index in [0.29, 0.717) is 11.7 Å². The number of anilines is 1. The van der Waals surface area contributed by atoms with Gasteiger partial charge in [0.25, 0.3) is 5.89 Å². The second kappa shape index (κ2) is 8.01. The highest BCUT2D eigenvalue weighted by Gasteiger charge is 2.36. The van der Waals surface area contributed by atoms with Crippen LogP contribution in [0.2, 0.25) is 0 Å². The fraction of sp³-hybridized carbons (Fsp3) is 0.192. The van der Waals surface area contributed by atoms with E-state index in [0.717, 1.165) is 46.7 Å². The Morgan fingerprint density at radius 1 is 1.06 bits per heavy atom. The summed E-state index contributed by atoms with van der Waals surface area (Å²) < 4.78 is 5.75. The lowest BCUT2D eigenvalue weighted by Gasteiger charge is -2.35. The van der Waals surface area contributed by atoms with Crippen molar-refractivity contribution in [3.8, 4) is 10.7 Å². The van der Waals surface area contributed by atoms with E-state index < -0.39 is 0 Å². The van der Waals surface area contributed by atoms with Crippen LogP contribution in [0.5, 0.6) is 0 Å². The molecule has 0 bridgehead atoms. The number of rotatable bonds is 4. The van der Waals surface area contributed by atoms with Crippen molar-refractivity contribution in [1.29, 1.82) is 0 Å². The average Bonchev–Trinajstić information content (AvgIpc) is 3.60. The van der Waals surface area contributed by atoms with Gasteiger partial charge in [0.1, 0.15) is 0 Å². The number of carbonyl (C=O) groups is 1. The quantitative estimate of drug-likeness (QED) is 0.411. The molecule has 0 spiro atoms. The fourth-order valence-electron chi connectivity index (χ4n) is 4.76. The number of hydrogen-bond acceptors (Lipinski definition) is 5. The maximum Gasteiger partial charge on any atom is 0.326 e. The van der Waals surface area contributed by atoms with Gasteiger partial charge >= 0.3 is 6.03 Å². The van der Waals surface area contributed by atoms with Crippen LogP contribution in [0.3, 0.4) is 0 Å². The molecule has 7 heteroatoms. The zero-order valence-corrected chi connectivity index (χ0v) is 18.9. The maximum absolute atomic E-state index is 13.4. The van der Waals surface area contributed by atoms with Crippen LogP contribution in [0.4, 0.5) is 10.5 Å². The number of fused-ring (bicyclic) bond motifs is 1. The number of nitrogens with zero attached hydrogens (tertiary/aromatic N) is 3. The van der Waals surface area contributed by atoms with Gasteiger partial charge in [-0.15, -0.1) is 11.3 Å². The standard InChI is InChI=1S/C26H22N4O2S/c1-16-22(25-28-24(29-32-25)21-11-6-14-33-21)23(18-7-3-2-4-8-18)27-26(31)30(16)20-13-12-17-9-5-10-19(17)15-20/h2-4,6-8,11-15,23H,5,9-10H2,1H3,(H,27,31). The number of allylic oxidation sites excluding steroid dienone is 1. The zero-order chi connectivity index (χ0) is 22.4. The van der Waals surface area contributed by atoms with Gasteiger partial charge in [-0.1, -0.05) is 47.6 Å². The molecule has 0 saturated carbocycles. The van der Waals surface area contributed by atoms with Crippen LogP contribution in [0.1, 0.15) is 42.0 Å². The Hall–Kier alpha value is -3.71. The highest BCUT2D eigenvalue weighted by atomic mass is 32.1. The average molecular weight is 455 g/mol. The van der Waals surface area contributed by atoms with Crippen molar-refractivity contribution in [3.63, 3.8) is 0 Å². The van der Waals surface area contributed by atoms with Crippen molar-refractivity contribution in [2.24, 2.45) is 0 Å². The van der Waals surface area contributed by atoms with Crippen molar-refractivity contribution in [2.75, 3.05) is 4.90 Å². The molecule has 1 unspecified atom stereocenters. The summed E-state index contributed by atoms with van der Waals surface area (Å²) in [6.45, 7) is 1.95. The Labute approximate surface area is 195 Å². The lowest BCUT2D eigenvalue weighted by atomic mass is 9.94. The van der Waals surface area contributed by atoms with E-state index in [-0.39, 0.29) is 12.1 Å². The summed E-state index contributed by atoms with van der Waals surface area (Å²) in [6.07, 6.45) is 3.31. The normalized spacial score (nSPS) is 17.9. The Balaban J connectivity index is 1.49. The van der Waals surface area contributed by atoms with Crippen molar-refractivity contribution in [3.05, 3.63) is 94.3 Å². The molecule has 6 rings (SSSR count). The number of aryl methyl sites for hydroxylation is 2. The molecule has 1 aliphatic carbocycles. The number of nitrogens with one attached hydrogen (secondary N) is 1. The van der Waals surface area contributed by atoms with Crippen LogP contribution in [-0.2, 0) is 12.8 Å². The summed E-state index contributed by atoms with van der Waals surface area (Å²) in [6, 6.07) is 19.6. The summed E-state index contributed by atoms with van der Waals surface area (Å²) >= 11 is 1.56. The molecule has 2 aromatic heterocycles. The summed E-state index contributed by atoms with van der Waals surface area (Å²) in [5, 5.41) is 9.38. The summed E-state index contributed by atoms with van der Waals surface area (Å²) in [5.74, 6) is 0.962. The van der Waals surface area contributed by atoms with Crippen molar-refractivity contribution >= 4 is 28.6 Å². The zero-order valence-electron chi connectivity index (χ0n) is 18.1. The van der Waals surface area contributed by atoms with Gasteiger partial charge in [-0.05, 0) is 66.5 Å². The lowest BCUT2D eigenvalue weighted by molar-refractivity contribution is 0.244. The Morgan fingerprint density at radius 2 is 1.91 bits per heavy atom. The topological polar surface area (TPSA) is 71.3 Å². The molecular weight excluding hydrogens is 432 g/mol. The first-order valence-corrected chi connectivity index (χ1v) is 11.9. The molecule has 2 amide bonds. The van der Waals surface area contributed by atoms with E-state index in [1.165, 1.54) is 11.1 Å². The monoisotopic (exact) mass is 454 g/mol. The maximum atomic E-state index is 13.4. The third kappa shape index (κ3) is 3.45. The van der Waals surface area contributed by atoms with Gasteiger partial charge < -0.3 is 9.84 Å². The summed E-state index contributed by atoms with van der Waals surface area (Å²) in [5.41, 5.74) is 6.09. The molecule has 4 aromatic rings. The molecule has 0 fully saturated rings. The van der Waals surface area contributed by atoms with E-state index in [4.69, 9.17) is 9.51 Å². The van der Waals surface area contributed by atoms with Gasteiger partial charge in [0, 0.05) is 5.70 Å². The van der Waals surface area contributed by atoms with Crippen LogP contribution in [0, 0.1) is 0 Å². The van der Waals surface area contributed by atoms with Crippen LogP contribution < -0.4 is 10.2 Å². The van der Waals surface area contributed by atoms with Crippen LogP contribution in [0.25, 0.3) is 16.3 Å². The SMILES string of the molecule is CC1=C(c2nc(-c3cccs3)no2)C(c2ccccc2)NC(=O)N1c1ccc2c(c1)CCC2. The molecule has 1 N–H and O–H groups in total. The fourth-order valence-corrected chi connectivity index (χ4v) is 5.41. The molecule has 2 aromatic carbocycles. The number of urea groups is 1. The van der Waals surface area contributed by atoms with Gasteiger partial charge in [-0.2, -0.15) is 4.98 Å². The first-order chi connectivity index (χ1) is 16.2. The highest BCUT2D eigenvalue weighted by Crippen LogP contribution is 2.40. The predicted molar refractivity (Wildman–Crippen MR) is 129 cm³/mol. The van der Waals surface area contributed by atoms with E-state index in [2.05, 4.69) is 22.6 Å². The second-order valence-corrected chi connectivity index (χ2v) is 9.28. The van der Waals surface area contributed by atoms with Crippen LogP contribution >= 0.6 is 11.3 Å². The minimum Gasteiger partial charge on any atom is -0.334 e. The van der Waals surface area contributed by atoms with E-state index in [1.54, 1.807) is 16.2 Å². The van der Waals surface area contributed by atoms with Gasteiger partial charge in [0.2, 0.25) is 5.82 Å². The number of aromatic nitrogens is 2. The Morgan fingerprint density at radius 3 is 2.73 bits per heavy atom. The van der Waals surface area contributed by atoms with Gasteiger partial charge in [0.15, 0.2) is 0 Å². The number of carbonyl (C=O) groups excluding carboxylic acids is 1. The summed E-state index contributed by atoms with van der Waals surface area (Å²) in [7, 11) is 0. The van der Waals surface area contributed by atoms with Crippen molar-refractivity contribution in [2.45, 2.75) is 32.2 Å². The smallest absolute Gasteiger partial charge is 0.326 e. The third-order valence-corrected chi connectivity index (χ3v) is 7.22. The first-order valence-electron chi connectivity index (χ1n) is 11.0. The van der Waals surface area contributed by atoms with E-state index in [1.807, 2.05) is 60.8 Å². The van der Waals surface area contributed by atoms with Crippen molar-refractivity contribution in [1.82, 2.24) is 15.5 Å².